The summed E-state index contributed by atoms with van der Waals surface area (Å²) >= 11 is 0. The second-order valence-corrected chi connectivity index (χ2v) is 4.51. The van der Waals surface area contributed by atoms with E-state index >= 15 is 0 Å². The van der Waals surface area contributed by atoms with E-state index in [4.69, 9.17) is 15.2 Å². The lowest BCUT2D eigenvalue weighted by atomic mass is 10.2. The molecule has 20 heavy (non-hydrogen) atoms. The van der Waals surface area contributed by atoms with Crippen molar-refractivity contribution in [2.75, 3.05) is 6.61 Å². The van der Waals surface area contributed by atoms with Crippen LogP contribution in [0.15, 0.2) is 48.5 Å². The number of rotatable bonds is 6. The molecule has 0 radical (unpaired) electrons. The molecule has 2 rings (SSSR count). The van der Waals surface area contributed by atoms with Gasteiger partial charge in [-0.2, -0.15) is 0 Å². The summed E-state index contributed by atoms with van der Waals surface area (Å²) in [5, 5.41) is 0. The molecule has 0 fully saturated rings. The molecule has 4 nitrogen and oxygen atoms in total. The SMILES string of the molecule is Cc1cc(OCC(N)=O)cc(OCc2ccccc2)c1. The minimum absolute atomic E-state index is 0.137. The van der Waals surface area contributed by atoms with Crippen molar-refractivity contribution in [3.05, 3.63) is 59.7 Å². The Labute approximate surface area is 118 Å². The largest absolute Gasteiger partial charge is 0.489 e. The van der Waals surface area contributed by atoms with E-state index in [1.165, 1.54) is 0 Å². The summed E-state index contributed by atoms with van der Waals surface area (Å²) in [5.41, 5.74) is 7.14. The van der Waals surface area contributed by atoms with Gasteiger partial charge in [0.1, 0.15) is 18.1 Å². The number of carbonyl (C=O) groups excluding carboxylic acids is 1. The molecule has 0 aliphatic carbocycles. The number of amides is 1. The topological polar surface area (TPSA) is 61.5 Å². The highest BCUT2D eigenvalue weighted by molar-refractivity contribution is 5.75. The fourth-order valence-electron chi connectivity index (χ4n) is 1.78. The Hall–Kier alpha value is -2.49. The van der Waals surface area contributed by atoms with Crippen molar-refractivity contribution in [3.63, 3.8) is 0 Å². The van der Waals surface area contributed by atoms with Gasteiger partial charge in [0, 0.05) is 6.07 Å². The van der Waals surface area contributed by atoms with Crippen molar-refractivity contribution >= 4 is 5.91 Å². The van der Waals surface area contributed by atoms with Gasteiger partial charge in [-0.25, -0.2) is 0 Å². The maximum absolute atomic E-state index is 10.7. The molecule has 0 atom stereocenters. The molecule has 0 unspecified atom stereocenters. The van der Waals surface area contributed by atoms with Crippen LogP contribution in [0.4, 0.5) is 0 Å². The first-order valence-corrected chi connectivity index (χ1v) is 6.33. The molecule has 2 N–H and O–H groups in total. The number of hydrogen-bond donors (Lipinski definition) is 1. The van der Waals surface area contributed by atoms with Crippen molar-refractivity contribution in [1.29, 1.82) is 0 Å². The molecule has 0 aromatic heterocycles. The molecule has 0 saturated heterocycles. The first-order chi connectivity index (χ1) is 9.63. The van der Waals surface area contributed by atoms with Crippen molar-refractivity contribution in [1.82, 2.24) is 0 Å². The lowest BCUT2D eigenvalue weighted by Crippen LogP contribution is -2.20. The maximum atomic E-state index is 10.7. The van der Waals surface area contributed by atoms with Gasteiger partial charge in [-0.3, -0.25) is 4.79 Å². The van der Waals surface area contributed by atoms with Gasteiger partial charge in [0.15, 0.2) is 6.61 Å². The zero-order valence-electron chi connectivity index (χ0n) is 11.3. The second-order valence-electron chi connectivity index (χ2n) is 4.51. The molecule has 0 aliphatic rings. The molecule has 1 amide bonds. The van der Waals surface area contributed by atoms with Gasteiger partial charge in [0.05, 0.1) is 0 Å². The van der Waals surface area contributed by atoms with E-state index < -0.39 is 5.91 Å². The third-order valence-corrected chi connectivity index (χ3v) is 2.65. The smallest absolute Gasteiger partial charge is 0.255 e. The maximum Gasteiger partial charge on any atom is 0.255 e. The van der Waals surface area contributed by atoms with Gasteiger partial charge in [0.25, 0.3) is 5.91 Å². The van der Waals surface area contributed by atoms with Crippen molar-refractivity contribution < 1.29 is 14.3 Å². The third kappa shape index (κ3) is 4.31. The highest BCUT2D eigenvalue weighted by Gasteiger charge is 2.03. The third-order valence-electron chi connectivity index (χ3n) is 2.65. The summed E-state index contributed by atoms with van der Waals surface area (Å²) in [4.78, 5) is 10.7. The molecule has 0 spiro atoms. The van der Waals surface area contributed by atoms with E-state index in [2.05, 4.69) is 0 Å². The van der Waals surface area contributed by atoms with Crippen LogP contribution in [0.3, 0.4) is 0 Å². The van der Waals surface area contributed by atoms with Gasteiger partial charge in [0.2, 0.25) is 0 Å². The number of benzene rings is 2. The molecule has 0 saturated carbocycles. The second kappa shape index (κ2) is 6.61. The van der Waals surface area contributed by atoms with Crippen LogP contribution < -0.4 is 15.2 Å². The predicted molar refractivity (Wildman–Crippen MR) is 76.6 cm³/mol. The van der Waals surface area contributed by atoms with Crippen LogP contribution in [-0.2, 0) is 11.4 Å². The minimum atomic E-state index is -0.502. The van der Waals surface area contributed by atoms with Gasteiger partial charge < -0.3 is 15.2 Å². The van der Waals surface area contributed by atoms with E-state index in [9.17, 15) is 4.79 Å². The number of ether oxygens (including phenoxy) is 2. The predicted octanol–water partition coefficient (Wildman–Crippen LogP) is 2.44. The monoisotopic (exact) mass is 271 g/mol. The molecule has 104 valence electrons. The molecule has 0 heterocycles. The van der Waals surface area contributed by atoms with E-state index in [0.717, 1.165) is 11.1 Å². The molecular formula is C16H17NO3. The zero-order valence-corrected chi connectivity index (χ0v) is 11.3. The summed E-state index contributed by atoms with van der Waals surface area (Å²) in [7, 11) is 0. The number of nitrogens with two attached hydrogens (primary N) is 1. The molecule has 4 heteroatoms. The fourth-order valence-corrected chi connectivity index (χ4v) is 1.78. The number of hydrogen-bond acceptors (Lipinski definition) is 3. The Bertz CT molecular complexity index is 582. The van der Waals surface area contributed by atoms with Crippen molar-refractivity contribution in [2.24, 2.45) is 5.73 Å². The highest BCUT2D eigenvalue weighted by atomic mass is 16.5. The van der Waals surface area contributed by atoms with E-state index in [0.29, 0.717) is 18.1 Å². The minimum Gasteiger partial charge on any atom is -0.489 e. The van der Waals surface area contributed by atoms with Gasteiger partial charge in [-0.15, -0.1) is 0 Å². The summed E-state index contributed by atoms with van der Waals surface area (Å²) in [6.07, 6.45) is 0. The summed E-state index contributed by atoms with van der Waals surface area (Å²) in [5.74, 6) is 0.776. The fraction of sp³-hybridized carbons (Fsp3) is 0.188. The van der Waals surface area contributed by atoms with Crippen LogP contribution >= 0.6 is 0 Å². The van der Waals surface area contributed by atoms with Crippen molar-refractivity contribution in [3.8, 4) is 11.5 Å². The quantitative estimate of drug-likeness (QED) is 0.877. The summed E-state index contributed by atoms with van der Waals surface area (Å²) < 4.78 is 11.0. The van der Waals surface area contributed by atoms with E-state index in [-0.39, 0.29) is 6.61 Å². The molecule has 0 bridgehead atoms. The molecule has 2 aromatic carbocycles. The molecular weight excluding hydrogens is 254 g/mol. The first kappa shape index (κ1) is 13.9. The van der Waals surface area contributed by atoms with Crippen molar-refractivity contribution in [2.45, 2.75) is 13.5 Å². The Morgan fingerprint density at radius 2 is 1.70 bits per heavy atom. The zero-order chi connectivity index (χ0) is 14.4. The van der Waals surface area contributed by atoms with Crippen LogP contribution in [0, 0.1) is 6.92 Å². The normalized spacial score (nSPS) is 10.1. The van der Waals surface area contributed by atoms with Crippen LogP contribution in [0.2, 0.25) is 0 Å². The van der Waals surface area contributed by atoms with E-state index in [1.807, 2.05) is 49.4 Å². The molecule has 0 aliphatic heterocycles. The summed E-state index contributed by atoms with van der Waals surface area (Å²) in [6, 6.07) is 15.4. The van der Waals surface area contributed by atoms with Crippen LogP contribution in [0.5, 0.6) is 11.5 Å². The van der Waals surface area contributed by atoms with Crippen LogP contribution in [0.1, 0.15) is 11.1 Å². The van der Waals surface area contributed by atoms with Gasteiger partial charge in [-0.1, -0.05) is 30.3 Å². The van der Waals surface area contributed by atoms with Gasteiger partial charge in [-0.05, 0) is 30.2 Å². The standard InChI is InChI=1S/C16H17NO3/c1-12-7-14(9-15(8-12)20-11-16(17)18)19-10-13-5-3-2-4-6-13/h2-9H,10-11H2,1H3,(H2,17,18). The number of carbonyl (C=O) groups is 1. The first-order valence-electron chi connectivity index (χ1n) is 6.33. The number of aryl methyl sites for hydroxylation is 1. The van der Waals surface area contributed by atoms with E-state index in [1.54, 1.807) is 6.07 Å². The molecule has 2 aromatic rings. The average molecular weight is 271 g/mol. The lowest BCUT2D eigenvalue weighted by molar-refractivity contribution is -0.119. The average Bonchev–Trinajstić information content (AvgIpc) is 2.44. The van der Waals surface area contributed by atoms with Crippen LogP contribution in [0.25, 0.3) is 0 Å². The Balaban J connectivity index is 2.02. The highest BCUT2D eigenvalue weighted by Crippen LogP contribution is 2.23. The Morgan fingerprint density at radius 1 is 1.05 bits per heavy atom. The Morgan fingerprint density at radius 3 is 2.35 bits per heavy atom. The van der Waals surface area contributed by atoms with Crippen LogP contribution in [-0.4, -0.2) is 12.5 Å². The number of primary amides is 1. The Kier molecular flexibility index (Phi) is 4.60. The van der Waals surface area contributed by atoms with Gasteiger partial charge >= 0.3 is 0 Å². The lowest BCUT2D eigenvalue weighted by Gasteiger charge is -2.10. The summed E-state index contributed by atoms with van der Waals surface area (Å²) in [6.45, 7) is 2.29.